The van der Waals surface area contributed by atoms with Gasteiger partial charge in [0.25, 0.3) is 11.8 Å². The number of aryl methyl sites for hydroxylation is 1. The lowest BCUT2D eigenvalue weighted by molar-refractivity contribution is -0.139. The molecule has 1 aliphatic heterocycles. The third-order valence-electron chi connectivity index (χ3n) is 5.66. The molecule has 3 rings (SSSR count). The number of nitrogens with one attached hydrogen (secondary N) is 1. The maximum absolute atomic E-state index is 13.4. The van der Waals surface area contributed by atoms with Crippen molar-refractivity contribution in [2.45, 2.75) is 37.0 Å². The van der Waals surface area contributed by atoms with E-state index in [0.29, 0.717) is 24.5 Å². The van der Waals surface area contributed by atoms with Crippen LogP contribution in [0, 0.1) is 6.92 Å². The number of halogens is 1. The van der Waals surface area contributed by atoms with Crippen molar-refractivity contribution in [2.24, 2.45) is 0 Å². The molecule has 1 N–H and O–H groups in total. The van der Waals surface area contributed by atoms with Gasteiger partial charge in [0.05, 0.1) is 4.90 Å². The van der Waals surface area contributed by atoms with Gasteiger partial charge in [-0.15, -0.1) is 0 Å². The zero-order valence-corrected chi connectivity index (χ0v) is 20.7. The summed E-state index contributed by atoms with van der Waals surface area (Å²) >= 11 is 5.89. The molecule has 2 aromatic rings. The number of carbonyl (C=O) groups is 3. The highest BCUT2D eigenvalue weighted by Crippen LogP contribution is 2.20. The van der Waals surface area contributed by atoms with Crippen molar-refractivity contribution >= 4 is 39.2 Å². The van der Waals surface area contributed by atoms with E-state index in [1.165, 1.54) is 29.2 Å². The van der Waals surface area contributed by atoms with E-state index in [9.17, 15) is 22.8 Å². The second kappa shape index (κ2) is 11.0. The molecule has 8 nitrogen and oxygen atoms in total. The second-order valence-corrected chi connectivity index (χ2v) is 10.6. The molecule has 1 fully saturated rings. The van der Waals surface area contributed by atoms with Crippen molar-refractivity contribution in [1.29, 1.82) is 0 Å². The first-order chi connectivity index (χ1) is 16.1. The fraction of sp³-hybridized carbons (Fsp3) is 0.375. The number of nitrogens with zero attached hydrogens (tertiary/aromatic N) is 2. The molecule has 1 saturated heterocycles. The zero-order chi connectivity index (χ0) is 24.9. The smallest absolute Gasteiger partial charge is 0.261 e. The standard InChI is InChI=1S/C24H28ClN3O5S/c1-3-4-21(29)27-13-15-28(16-14-27)24(31)23(26-22(30)18-7-5-17(2)6-8-18)34(32,33)20-11-9-19(25)10-12-20/h5-12,23H,3-4,13-16H2,1-2H3,(H,26,30)/t23-/m1/s1. The van der Waals surface area contributed by atoms with Gasteiger partial charge in [-0.2, -0.15) is 0 Å². The molecule has 182 valence electrons. The molecule has 0 saturated carbocycles. The molecule has 0 radical (unpaired) electrons. The molecule has 1 atom stereocenters. The second-order valence-electron chi connectivity index (χ2n) is 8.17. The Labute approximate surface area is 204 Å². The Morgan fingerprint density at radius 2 is 1.50 bits per heavy atom. The average Bonchev–Trinajstić information content (AvgIpc) is 2.83. The molecule has 3 amide bonds. The number of piperazine rings is 1. The van der Waals surface area contributed by atoms with Crippen LogP contribution in [-0.2, 0) is 19.4 Å². The average molecular weight is 506 g/mol. The van der Waals surface area contributed by atoms with Crippen LogP contribution in [0.2, 0.25) is 5.02 Å². The number of hydrogen-bond acceptors (Lipinski definition) is 5. The summed E-state index contributed by atoms with van der Waals surface area (Å²) < 4.78 is 26.9. The van der Waals surface area contributed by atoms with E-state index >= 15 is 0 Å². The predicted molar refractivity (Wildman–Crippen MR) is 129 cm³/mol. The van der Waals surface area contributed by atoms with Crippen LogP contribution in [0.1, 0.15) is 35.7 Å². The molecule has 0 aromatic heterocycles. The maximum atomic E-state index is 13.4. The lowest BCUT2D eigenvalue weighted by Gasteiger charge is -2.36. The van der Waals surface area contributed by atoms with Gasteiger partial charge in [0.15, 0.2) is 0 Å². The van der Waals surface area contributed by atoms with E-state index in [-0.39, 0.29) is 29.5 Å². The Balaban J connectivity index is 1.86. The first kappa shape index (κ1) is 25.7. The number of amides is 3. The van der Waals surface area contributed by atoms with Crippen LogP contribution in [-0.4, -0.2) is 67.5 Å². The van der Waals surface area contributed by atoms with Crippen LogP contribution in [0.3, 0.4) is 0 Å². The Morgan fingerprint density at radius 3 is 2.06 bits per heavy atom. The Morgan fingerprint density at radius 1 is 0.941 bits per heavy atom. The number of carbonyl (C=O) groups excluding carboxylic acids is 3. The summed E-state index contributed by atoms with van der Waals surface area (Å²) in [6.45, 7) is 4.77. The topological polar surface area (TPSA) is 104 Å². The van der Waals surface area contributed by atoms with E-state index < -0.39 is 27.0 Å². The molecule has 1 aliphatic rings. The normalized spacial score (nSPS) is 15.0. The molecule has 0 spiro atoms. The monoisotopic (exact) mass is 505 g/mol. The van der Waals surface area contributed by atoms with Gasteiger partial charge in [-0.3, -0.25) is 14.4 Å². The van der Waals surface area contributed by atoms with Crippen molar-refractivity contribution < 1.29 is 22.8 Å². The lowest BCUT2D eigenvalue weighted by Crippen LogP contribution is -2.57. The number of sulfone groups is 1. The molecule has 10 heteroatoms. The first-order valence-electron chi connectivity index (χ1n) is 11.1. The van der Waals surface area contributed by atoms with Crippen LogP contribution in [0.4, 0.5) is 0 Å². The van der Waals surface area contributed by atoms with E-state index in [1.54, 1.807) is 29.2 Å². The number of rotatable bonds is 7. The summed E-state index contributed by atoms with van der Waals surface area (Å²) in [6.07, 6.45) is 1.15. The van der Waals surface area contributed by atoms with Crippen molar-refractivity contribution in [2.75, 3.05) is 26.2 Å². The predicted octanol–water partition coefficient (Wildman–Crippen LogP) is 2.65. The summed E-state index contributed by atoms with van der Waals surface area (Å²) in [5.41, 5.74) is 1.18. The molecular formula is C24H28ClN3O5S. The zero-order valence-electron chi connectivity index (χ0n) is 19.2. The minimum Gasteiger partial charge on any atom is -0.339 e. The van der Waals surface area contributed by atoms with Crippen LogP contribution < -0.4 is 5.32 Å². The third kappa shape index (κ3) is 5.95. The summed E-state index contributed by atoms with van der Waals surface area (Å²) in [6, 6.07) is 12.0. The van der Waals surface area contributed by atoms with Gasteiger partial charge in [-0.1, -0.05) is 36.2 Å². The molecule has 0 aliphatic carbocycles. The van der Waals surface area contributed by atoms with Gasteiger partial charge in [0.1, 0.15) is 0 Å². The van der Waals surface area contributed by atoms with Crippen molar-refractivity contribution in [1.82, 2.24) is 15.1 Å². The SMILES string of the molecule is CCCC(=O)N1CCN(C(=O)[C@H](NC(=O)c2ccc(C)cc2)S(=O)(=O)c2ccc(Cl)cc2)CC1. The van der Waals surface area contributed by atoms with Crippen LogP contribution in [0.15, 0.2) is 53.4 Å². The first-order valence-corrected chi connectivity index (χ1v) is 13.0. The molecule has 2 aromatic carbocycles. The third-order valence-corrected chi connectivity index (χ3v) is 7.78. The maximum Gasteiger partial charge on any atom is 0.261 e. The van der Waals surface area contributed by atoms with E-state index in [0.717, 1.165) is 12.0 Å². The van der Waals surface area contributed by atoms with Crippen molar-refractivity contribution in [3.05, 3.63) is 64.7 Å². The Bertz CT molecular complexity index is 1140. The molecule has 34 heavy (non-hydrogen) atoms. The van der Waals surface area contributed by atoms with Gasteiger partial charge in [-0.25, -0.2) is 8.42 Å². The Hall–Kier alpha value is -2.91. The molecule has 1 heterocycles. The largest absolute Gasteiger partial charge is 0.339 e. The van der Waals surface area contributed by atoms with E-state index in [2.05, 4.69) is 5.32 Å². The van der Waals surface area contributed by atoms with Crippen LogP contribution in [0.25, 0.3) is 0 Å². The van der Waals surface area contributed by atoms with Crippen LogP contribution >= 0.6 is 11.6 Å². The number of benzene rings is 2. The van der Waals surface area contributed by atoms with Gasteiger partial charge in [-0.05, 0) is 49.7 Å². The molecular weight excluding hydrogens is 478 g/mol. The summed E-state index contributed by atoms with van der Waals surface area (Å²) in [7, 11) is -4.28. The minimum absolute atomic E-state index is 0.00704. The van der Waals surface area contributed by atoms with Gasteiger partial charge >= 0.3 is 0 Å². The minimum atomic E-state index is -4.28. The van der Waals surface area contributed by atoms with Gasteiger partial charge in [0, 0.05) is 43.2 Å². The summed E-state index contributed by atoms with van der Waals surface area (Å²) in [5, 5.41) is 0.952. The highest BCUT2D eigenvalue weighted by atomic mass is 35.5. The molecule has 0 unspecified atom stereocenters. The van der Waals surface area contributed by atoms with Crippen molar-refractivity contribution in [3.8, 4) is 0 Å². The summed E-state index contributed by atoms with van der Waals surface area (Å²) in [5.74, 6) is -1.40. The molecule has 0 bridgehead atoms. The lowest BCUT2D eigenvalue weighted by atomic mass is 10.1. The summed E-state index contributed by atoms with van der Waals surface area (Å²) in [4.78, 5) is 41.4. The fourth-order valence-corrected chi connectivity index (χ4v) is 5.24. The van der Waals surface area contributed by atoms with Crippen LogP contribution in [0.5, 0.6) is 0 Å². The highest BCUT2D eigenvalue weighted by molar-refractivity contribution is 7.92. The highest BCUT2D eigenvalue weighted by Gasteiger charge is 2.39. The number of hydrogen-bond donors (Lipinski definition) is 1. The van der Waals surface area contributed by atoms with Crippen molar-refractivity contribution in [3.63, 3.8) is 0 Å². The van der Waals surface area contributed by atoms with E-state index in [4.69, 9.17) is 11.6 Å². The van der Waals surface area contributed by atoms with Gasteiger partial charge in [0.2, 0.25) is 21.1 Å². The quantitative estimate of drug-likeness (QED) is 0.623. The fourth-order valence-electron chi connectivity index (χ4n) is 3.65. The Kier molecular flexibility index (Phi) is 8.33. The van der Waals surface area contributed by atoms with Gasteiger partial charge < -0.3 is 15.1 Å². The van der Waals surface area contributed by atoms with E-state index in [1.807, 2.05) is 13.8 Å².